The van der Waals surface area contributed by atoms with Crippen molar-refractivity contribution in [3.63, 3.8) is 0 Å². The van der Waals surface area contributed by atoms with Gasteiger partial charge in [-0.05, 0) is 49.2 Å². The molecular formula is C28H30ClFN6O3. The topological polar surface area (TPSA) is 97.4 Å². The van der Waals surface area contributed by atoms with Crippen molar-refractivity contribution in [3.05, 3.63) is 82.6 Å². The summed E-state index contributed by atoms with van der Waals surface area (Å²) in [4.78, 5) is 19.9. The van der Waals surface area contributed by atoms with Crippen molar-refractivity contribution >= 4 is 29.1 Å². The summed E-state index contributed by atoms with van der Waals surface area (Å²) in [5.41, 5.74) is 1.86. The largest absolute Gasteiger partial charge is 0.386 e. The van der Waals surface area contributed by atoms with Gasteiger partial charge < -0.3 is 24.6 Å². The molecule has 3 aromatic heterocycles. The summed E-state index contributed by atoms with van der Waals surface area (Å²) in [6.45, 7) is 4.17. The Bertz CT molecular complexity index is 1530. The number of hydrogen-bond donors (Lipinski definition) is 2. The van der Waals surface area contributed by atoms with Gasteiger partial charge in [-0.3, -0.25) is 9.48 Å². The Balaban J connectivity index is 1.49. The highest BCUT2D eigenvalue weighted by Gasteiger charge is 2.34. The standard InChI is InChI=1S/C28H30ClFN6O3/c1-28(2,38)22-6-5-19(30)9-18(22)14-36-20(16-39-4)15-35-13-17(10-24(35)27(36)37)21-11-25(31-12-23(21)29)33-26-7-8-32-34(26)3/h5-13,20,38H,14-16H2,1-4H3,(H,31,33)/t20-/m1/s1. The highest BCUT2D eigenvalue weighted by Crippen LogP contribution is 2.34. The third-order valence-corrected chi connectivity index (χ3v) is 7.20. The molecule has 0 saturated carbocycles. The fourth-order valence-corrected chi connectivity index (χ4v) is 5.20. The minimum atomic E-state index is -1.20. The van der Waals surface area contributed by atoms with Gasteiger partial charge in [0.2, 0.25) is 0 Å². The molecule has 4 heterocycles. The zero-order valence-electron chi connectivity index (χ0n) is 22.2. The zero-order valence-corrected chi connectivity index (χ0v) is 22.9. The predicted octanol–water partition coefficient (Wildman–Crippen LogP) is 4.72. The highest BCUT2D eigenvalue weighted by molar-refractivity contribution is 6.33. The first-order valence-electron chi connectivity index (χ1n) is 12.5. The molecule has 0 saturated heterocycles. The molecule has 1 atom stereocenters. The van der Waals surface area contributed by atoms with E-state index in [9.17, 15) is 14.3 Å². The lowest BCUT2D eigenvalue weighted by molar-refractivity contribution is 0.0373. The van der Waals surface area contributed by atoms with Crippen molar-refractivity contribution < 1.29 is 19.0 Å². The molecule has 4 aromatic rings. The van der Waals surface area contributed by atoms with Crippen molar-refractivity contribution in [2.75, 3.05) is 19.0 Å². The molecular weight excluding hydrogens is 523 g/mol. The number of aryl methyl sites for hydroxylation is 1. The molecule has 39 heavy (non-hydrogen) atoms. The van der Waals surface area contributed by atoms with Crippen LogP contribution >= 0.6 is 11.6 Å². The van der Waals surface area contributed by atoms with E-state index in [1.165, 1.54) is 12.1 Å². The molecule has 5 rings (SSSR count). The summed E-state index contributed by atoms with van der Waals surface area (Å²) in [6, 6.07) is 9.41. The zero-order chi connectivity index (χ0) is 27.9. The number of nitrogens with one attached hydrogen (secondary N) is 1. The van der Waals surface area contributed by atoms with Crippen molar-refractivity contribution in [3.8, 4) is 11.1 Å². The van der Waals surface area contributed by atoms with Gasteiger partial charge in [0.05, 0.1) is 29.5 Å². The number of nitrogens with zero attached hydrogens (tertiary/aromatic N) is 5. The van der Waals surface area contributed by atoms with Gasteiger partial charge in [-0.2, -0.15) is 5.10 Å². The second-order valence-corrected chi connectivity index (χ2v) is 10.6. The number of carbonyl (C=O) groups excluding carboxylic acids is 1. The second-order valence-electron chi connectivity index (χ2n) is 10.2. The Labute approximate surface area is 230 Å². The normalized spacial score (nSPS) is 15.5. The molecule has 204 valence electrons. The molecule has 1 aliphatic heterocycles. The van der Waals surface area contributed by atoms with Crippen LogP contribution in [0.3, 0.4) is 0 Å². The first-order valence-corrected chi connectivity index (χ1v) is 12.8. The quantitative estimate of drug-likeness (QED) is 0.328. The van der Waals surface area contributed by atoms with E-state index in [0.717, 1.165) is 16.9 Å². The SMILES string of the molecule is COC[C@H]1Cn2cc(-c3cc(Nc4ccnn4C)ncc3Cl)cc2C(=O)N1Cc1cc(F)ccc1C(C)(C)O. The number of carbonyl (C=O) groups is 1. The number of ether oxygens (including phenoxy) is 1. The number of anilines is 2. The molecule has 1 aromatic carbocycles. The highest BCUT2D eigenvalue weighted by atomic mass is 35.5. The number of methoxy groups -OCH3 is 1. The molecule has 9 nitrogen and oxygen atoms in total. The van der Waals surface area contributed by atoms with E-state index in [0.29, 0.717) is 40.8 Å². The van der Waals surface area contributed by atoms with Crippen LogP contribution < -0.4 is 5.32 Å². The van der Waals surface area contributed by atoms with Gasteiger partial charge in [-0.1, -0.05) is 17.7 Å². The molecule has 1 aliphatic rings. The second kappa shape index (κ2) is 10.4. The Kier molecular flexibility index (Phi) is 7.19. The van der Waals surface area contributed by atoms with Gasteiger partial charge >= 0.3 is 0 Å². The van der Waals surface area contributed by atoms with E-state index in [1.807, 2.05) is 29.9 Å². The van der Waals surface area contributed by atoms with Crippen molar-refractivity contribution in [2.45, 2.75) is 38.6 Å². The average Bonchev–Trinajstić information content (AvgIpc) is 3.48. The molecule has 0 spiro atoms. The summed E-state index contributed by atoms with van der Waals surface area (Å²) in [7, 11) is 3.40. The molecule has 0 aliphatic carbocycles. The summed E-state index contributed by atoms with van der Waals surface area (Å²) in [6.07, 6.45) is 5.14. The van der Waals surface area contributed by atoms with Crippen LogP contribution in [0.25, 0.3) is 11.1 Å². The van der Waals surface area contributed by atoms with Crippen LogP contribution in [0.4, 0.5) is 16.0 Å². The Morgan fingerprint density at radius 3 is 2.74 bits per heavy atom. The van der Waals surface area contributed by atoms with Crippen LogP contribution in [0.1, 0.15) is 35.5 Å². The third-order valence-electron chi connectivity index (χ3n) is 6.89. The van der Waals surface area contributed by atoms with Gasteiger partial charge in [0.1, 0.15) is 23.1 Å². The minimum absolute atomic E-state index is 0.124. The maximum Gasteiger partial charge on any atom is 0.271 e. The number of aromatic nitrogens is 4. The predicted molar refractivity (Wildman–Crippen MR) is 146 cm³/mol. The number of pyridine rings is 1. The molecule has 1 amide bonds. The van der Waals surface area contributed by atoms with E-state index in [1.54, 1.807) is 55.1 Å². The van der Waals surface area contributed by atoms with Gasteiger partial charge in [-0.25, -0.2) is 9.37 Å². The number of halogens is 2. The molecule has 0 radical (unpaired) electrons. The maximum atomic E-state index is 14.2. The minimum Gasteiger partial charge on any atom is -0.386 e. The van der Waals surface area contributed by atoms with Gasteiger partial charge in [0.15, 0.2) is 0 Å². The monoisotopic (exact) mass is 552 g/mol. The van der Waals surface area contributed by atoms with Gasteiger partial charge in [0.25, 0.3) is 5.91 Å². The molecule has 0 unspecified atom stereocenters. The fourth-order valence-electron chi connectivity index (χ4n) is 4.99. The van der Waals surface area contributed by atoms with Crippen LogP contribution in [0.15, 0.2) is 55.0 Å². The lowest BCUT2D eigenvalue weighted by Gasteiger charge is -2.37. The molecule has 0 bridgehead atoms. The number of rotatable bonds is 8. The number of amides is 1. The van der Waals surface area contributed by atoms with Crippen LogP contribution in [0, 0.1) is 5.82 Å². The number of benzene rings is 1. The van der Waals surface area contributed by atoms with Crippen LogP contribution in [0.5, 0.6) is 0 Å². The van der Waals surface area contributed by atoms with E-state index < -0.39 is 11.4 Å². The summed E-state index contributed by atoms with van der Waals surface area (Å²) < 4.78 is 23.3. The number of fused-ring (bicyclic) bond motifs is 1. The number of hydrogen-bond acceptors (Lipinski definition) is 6. The Morgan fingerprint density at radius 1 is 1.26 bits per heavy atom. The molecule has 11 heteroatoms. The smallest absolute Gasteiger partial charge is 0.271 e. The van der Waals surface area contributed by atoms with Gasteiger partial charge in [-0.15, -0.1) is 0 Å². The van der Waals surface area contributed by atoms with Crippen LogP contribution in [-0.2, 0) is 30.5 Å². The lowest BCUT2D eigenvalue weighted by Crippen LogP contribution is -2.49. The van der Waals surface area contributed by atoms with Crippen LogP contribution in [0.2, 0.25) is 5.02 Å². The van der Waals surface area contributed by atoms with Gasteiger partial charge in [0, 0.05) is 56.8 Å². The van der Waals surface area contributed by atoms with Crippen molar-refractivity contribution in [2.24, 2.45) is 7.05 Å². The van der Waals surface area contributed by atoms with Crippen LogP contribution in [-0.4, -0.2) is 55.0 Å². The first-order chi connectivity index (χ1) is 18.5. The average molecular weight is 553 g/mol. The first kappa shape index (κ1) is 26.9. The third kappa shape index (κ3) is 5.40. The van der Waals surface area contributed by atoms with Crippen molar-refractivity contribution in [1.29, 1.82) is 0 Å². The number of aliphatic hydroxyl groups is 1. The van der Waals surface area contributed by atoms with Crippen molar-refractivity contribution in [1.82, 2.24) is 24.2 Å². The maximum absolute atomic E-state index is 14.2. The molecule has 0 fully saturated rings. The Hall–Kier alpha value is -3.73. The Morgan fingerprint density at radius 2 is 2.05 bits per heavy atom. The van der Waals surface area contributed by atoms with E-state index in [4.69, 9.17) is 16.3 Å². The lowest BCUT2D eigenvalue weighted by atomic mass is 9.92. The fraction of sp³-hybridized carbons (Fsp3) is 0.321. The molecule has 2 N–H and O–H groups in total. The van der Waals surface area contributed by atoms with E-state index in [-0.39, 0.29) is 18.5 Å². The van der Waals surface area contributed by atoms with E-state index in [2.05, 4.69) is 15.4 Å². The summed E-state index contributed by atoms with van der Waals surface area (Å²) >= 11 is 6.54. The summed E-state index contributed by atoms with van der Waals surface area (Å²) in [5.74, 6) is 0.693. The summed E-state index contributed by atoms with van der Waals surface area (Å²) in [5, 5.41) is 18.5. The van der Waals surface area contributed by atoms with E-state index >= 15 is 0 Å².